The molecule has 1 saturated carbocycles. The van der Waals surface area contributed by atoms with Crippen molar-refractivity contribution in [2.75, 3.05) is 26.3 Å². The molecule has 0 unspecified atom stereocenters. The number of aliphatic hydroxyl groups is 2. The van der Waals surface area contributed by atoms with E-state index in [1.54, 1.807) is 0 Å². The molecule has 0 aromatic rings. The molecule has 88 valence electrons. The molecule has 1 aliphatic heterocycles. The summed E-state index contributed by atoms with van der Waals surface area (Å²) in [4.78, 5) is 2.49. The number of aliphatic hydroxyl groups excluding tert-OH is 2. The van der Waals surface area contributed by atoms with Crippen molar-refractivity contribution in [3.05, 3.63) is 0 Å². The maximum atomic E-state index is 9.57. The minimum atomic E-state index is 0.142. The van der Waals surface area contributed by atoms with Crippen LogP contribution >= 0.6 is 0 Å². The average Bonchev–Trinajstić information content (AvgIpc) is 2.48. The van der Waals surface area contributed by atoms with Crippen LogP contribution in [0.5, 0.6) is 0 Å². The van der Waals surface area contributed by atoms with Crippen molar-refractivity contribution >= 4 is 0 Å². The third-order valence-electron chi connectivity index (χ3n) is 4.54. The van der Waals surface area contributed by atoms with Gasteiger partial charge in [0, 0.05) is 30.7 Å². The summed E-state index contributed by atoms with van der Waals surface area (Å²) in [5, 5.41) is 18.8. The standard InChI is InChI=1S/C12H23NO2/c1-2-13-9-11(10-15)4-3-5-12(13,8-11)6-7-14/h14-15H,2-10H2,1H3/t11-,12+/m0/s1. The van der Waals surface area contributed by atoms with Gasteiger partial charge in [0.15, 0.2) is 0 Å². The molecule has 1 heterocycles. The van der Waals surface area contributed by atoms with Crippen LogP contribution < -0.4 is 0 Å². The Hall–Kier alpha value is -0.120. The highest BCUT2D eigenvalue weighted by Gasteiger charge is 2.54. The summed E-state index contributed by atoms with van der Waals surface area (Å²) in [6.45, 7) is 4.85. The first-order valence-electron chi connectivity index (χ1n) is 6.17. The van der Waals surface area contributed by atoms with Crippen molar-refractivity contribution in [3.8, 4) is 0 Å². The van der Waals surface area contributed by atoms with E-state index in [4.69, 9.17) is 0 Å². The Morgan fingerprint density at radius 1 is 1.27 bits per heavy atom. The largest absolute Gasteiger partial charge is 0.396 e. The normalized spacial score (nSPS) is 41.0. The fourth-order valence-electron chi connectivity index (χ4n) is 3.86. The molecule has 0 aromatic heterocycles. The van der Waals surface area contributed by atoms with E-state index in [9.17, 15) is 10.2 Å². The van der Waals surface area contributed by atoms with Gasteiger partial charge in [-0.15, -0.1) is 0 Å². The Bertz CT molecular complexity index is 230. The predicted octanol–water partition coefficient (Wildman–Crippen LogP) is 0.996. The number of hydrogen-bond donors (Lipinski definition) is 2. The average molecular weight is 213 g/mol. The van der Waals surface area contributed by atoms with E-state index in [0.717, 1.165) is 32.4 Å². The van der Waals surface area contributed by atoms with Gasteiger partial charge in [0.25, 0.3) is 0 Å². The molecule has 2 N–H and O–H groups in total. The molecule has 1 aliphatic carbocycles. The van der Waals surface area contributed by atoms with E-state index in [2.05, 4.69) is 11.8 Å². The predicted molar refractivity (Wildman–Crippen MR) is 59.7 cm³/mol. The lowest BCUT2D eigenvalue weighted by molar-refractivity contribution is 0.0733. The van der Waals surface area contributed by atoms with Gasteiger partial charge in [-0.25, -0.2) is 0 Å². The Morgan fingerprint density at radius 3 is 2.67 bits per heavy atom. The van der Waals surface area contributed by atoms with Crippen LogP contribution in [-0.2, 0) is 0 Å². The van der Waals surface area contributed by atoms with Crippen molar-refractivity contribution in [3.63, 3.8) is 0 Å². The number of fused-ring (bicyclic) bond motifs is 2. The smallest absolute Gasteiger partial charge is 0.0500 e. The van der Waals surface area contributed by atoms with E-state index < -0.39 is 0 Å². The molecule has 15 heavy (non-hydrogen) atoms. The lowest BCUT2D eigenvalue weighted by atomic mass is 9.69. The summed E-state index contributed by atoms with van der Waals surface area (Å²) in [6, 6.07) is 0. The van der Waals surface area contributed by atoms with Crippen molar-refractivity contribution in [1.29, 1.82) is 0 Å². The van der Waals surface area contributed by atoms with Crippen LogP contribution in [0.1, 0.15) is 39.0 Å². The molecule has 0 spiro atoms. The third kappa shape index (κ3) is 1.71. The summed E-state index contributed by atoms with van der Waals surface area (Å²) >= 11 is 0. The van der Waals surface area contributed by atoms with Gasteiger partial charge in [-0.3, -0.25) is 4.90 Å². The van der Waals surface area contributed by atoms with E-state index in [1.165, 1.54) is 12.8 Å². The molecule has 0 radical (unpaired) electrons. The van der Waals surface area contributed by atoms with Gasteiger partial charge in [-0.05, 0) is 32.2 Å². The highest BCUT2D eigenvalue weighted by molar-refractivity contribution is 5.08. The Labute approximate surface area is 92.1 Å². The third-order valence-corrected chi connectivity index (χ3v) is 4.54. The summed E-state index contributed by atoms with van der Waals surface area (Å²) in [5.41, 5.74) is 0.341. The molecule has 2 rings (SSSR count). The van der Waals surface area contributed by atoms with Crippen LogP contribution in [0.4, 0.5) is 0 Å². The van der Waals surface area contributed by atoms with E-state index in [1.807, 2.05) is 0 Å². The van der Waals surface area contributed by atoms with Gasteiger partial charge in [-0.2, -0.15) is 0 Å². The van der Waals surface area contributed by atoms with Crippen LogP contribution in [0.2, 0.25) is 0 Å². The van der Waals surface area contributed by atoms with Crippen molar-refractivity contribution in [1.82, 2.24) is 4.90 Å². The maximum absolute atomic E-state index is 9.57. The first-order valence-corrected chi connectivity index (χ1v) is 6.17. The molecule has 0 aromatic carbocycles. The number of hydrogen-bond acceptors (Lipinski definition) is 3. The minimum Gasteiger partial charge on any atom is -0.396 e. The molecule has 3 heteroatoms. The Morgan fingerprint density at radius 2 is 2.07 bits per heavy atom. The van der Waals surface area contributed by atoms with Crippen LogP contribution in [0, 0.1) is 5.41 Å². The maximum Gasteiger partial charge on any atom is 0.0500 e. The molecule has 0 amide bonds. The molecule has 2 fully saturated rings. The van der Waals surface area contributed by atoms with E-state index >= 15 is 0 Å². The first-order chi connectivity index (χ1) is 7.20. The van der Waals surface area contributed by atoms with Gasteiger partial charge < -0.3 is 10.2 Å². The second kappa shape index (κ2) is 4.04. The van der Waals surface area contributed by atoms with E-state index in [0.29, 0.717) is 6.61 Å². The lowest BCUT2D eigenvalue weighted by Crippen LogP contribution is -2.44. The zero-order valence-corrected chi connectivity index (χ0v) is 9.71. The molecule has 2 bridgehead atoms. The molecule has 2 atom stereocenters. The van der Waals surface area contributed by atoms with Crippen molar-refractivity contribution in [2.24, 2.45) is 5.41 Å². The van der Waals surface area contributed by atoms with E-state index in [-0.39, 0.29) is 17.6 Å². The zero-order valence-electron chi connectivity index (χ0n) is 9.71. The van der Waals surface area contributed by atoms with Crippen LogP contribution in [0.25, 0.3) is 0 Å². The van der Waals surface area contributed by atoms with Crippen LogP contribution in [-0.4, -0.2) is 47.0 Å². The minimum absolute atomic E-state index is 0.142. The Balaban J connectivity index is 2.21. The summed E-state index contributed by atoms with van der Waals surface area (Å²) in [6.07, 6.45) is 5.53. The lowest BCUT2D eigenvalue weighted by Gasteiger charge is -2.40. The highest BCUT2D eigenvalue weighted by Crippen LogP contribution is 2.52. The highest BCUT2D eigenvalue weighted by atomic mass is 16.3. The van der Waals surface area contributed by atoms with Gasteiger partial charge in [-0.1, -0.05) is 13.3 Å². The topological polar surface area (TPSA) is 43.7 Å². The Kier molecular flexibility index (Phi) is 3.06. The van der Waals surface area contributed by atoms with Gasteiger partial charge in [0.2, 0.25) is 0 Å². The summed E-state index contributed by atoms with van der Waals surface area (Å²) in [5.74, 6) is 0. The fraction of sp³-hybridized carbons (Fsp3) is 1.00. The molecular formula is C12H23NO2. The second-order valence-electron chi connectivity index (χ2n) is 5.40. The van der Waals surface area contributed by atoms with Crippen molar-refractivity contribution in [2.45, 2.75) is 44.6 Å². The van der Waals surface area contributed by atoms with Crippen LogP contribution in [0.15, 0.2) is 0 Å². The van der Waals surface area contributed by atoms with Gasteiger partial charge >= 0.3 is 0 Å². The fourth-order valence-corrected chi connectivity index (χ4v) is 3.86. The summed E-state index contributed by atoms with van der Waals surface area (Å²) in [7, 11) is 0. The molecular weight excluding hydrogens is 190 g/mol. The molecule has 3 nitrogen and oxygen atoms in total. The van der Waals surface area contributed by atoms with Gasteiger partial charge in [0.1, 0.15) is 0 Å². The van der Waals surface area contributed by atoms with Crippen molar-refractivity contribution < 1.29 is 10.2 Å². The number of likely N-dealkylation sites (tertiary alicyclic amines) is 1. The molecule has 2 aliphatic rings. The number of rotatable bonds is 4. The quantitative estimate of drug-likeness (QED) is 0.732. The SMILES string of the molecule is CCN1C[C@]2(CO)CCC[C@@]1(CCO)C2. The van der Waals surface area contributed by atoms with Crippen LogP contribution in [0.3, 0.4) is 0 Å². The van der Waals surface area contributed by atoms with Gasteiger partial charge in [0.05, 0.1) is 0 Å². The zero-order chi connectivity index (χ0) is 10.9. The second-order valence-corrected chi connectivity index (χ2v) is 5.40. The molecule has 1 saturated heterocycles. The number of nitrogens with zero attached hydrogens (tertiary/aromatic N) is 1. The first kappa shape index (κ1) is 11.4. The summed E-state index contributed by atoms with van der Waals surface area (Å²) < 4.78 is 0. The monoisotopic (exact) mass is 213 g/mol.